The van der Waals surface area contributed by atoms with Crippen LogP contribution in [0.5, 0.6) is 5.75 Å². The molecule has 1 aliphatic heterocycles. The van der Waals surface area contributed by atoms with Crippen molar-refractivity contribution in [1.29, 1.82) is 0 Å². The number of fused-ring (bicyclic) bond motifs is 1. The van der Waals surface area contributed by atoms with E-state index in [0.717, 1.165) is 30.1 Å². The maximum atomic E-state index is 11.7. The van der Waals surface area contributed by atoms with Gasteiger partial charge < -0.3 is 20.3 Å². The number of nitrogens with zero attached hydrogens (tertiary/aromatic N) is 1. The molecule has 2 N–H and O–H groups in total. The number of rotatable bonds is 3. The van der Waals surface area contributed by atoms with Crippen LogP contribution in [-0.2, 0) is 11.3 Å². The van der Waals surface area contributed by atoms with Crippen LogP contribution < -0.4 is 15.4 Å². The van der Waals surface area contributed by atoms with Crippen LogP contribution in [0, 0.1) is 0 Å². The van der Waals surface area contributed by atoms with E-state index in [1.54, 1.807) is 0 Å². The largest absolute Gasteiger partial charge is 0.492 e. The Labute approximate surface area is 107 Å². The molecule has 1 aliphatic rings. The number of amides is 1. The lowest BCUT2D eigenvalue weighted by Crippen LogP contribution is -2.27. The third kappa shape index (κ3) is 3.45. The van der Waals surface area contributed by atoms with Crippen LogP contribution in [0.1, 0.15) is 5.56 Å². The number of hydrogen-bond acceptors (Lipinski definition) is 4. The smallest absolute Gasteiger partial charge is 0.238 e. The van der Waals surface area contributed by atoms with Crippen molar-refractivity contribution in [1.82, 2.24) is 10.2 Å². The van der Waals surface area contributed by atoms with Gasteiger partial charge in [0.05, 0.1) is 6.54 Å². The molecule has 5 nitrogen and oxygen atoms in total. The van der Waals surface area contributed by atoms with Gasteiger partial charge in [-0.1, -0.05) is 0 Å². The summed E-state index contributed by atoms with van der Waals surface area (Å²) in [5.41, 5.74) is 1.89. The number of nitrogens with one attached hydrogen (secondary N) is 2. The highest BCUT2D eigenvalue weighted by Gasteiger charge is 2.10. The fourth-order valence-corrected chi connectivity index (χ4v) is 1.88. The average molecular weight is 249 g/mol. The van der Waals surface area contributed by atoms with Crippen LogP contribution >= 0.6 is 0 Å². The molecule has 0 aromatic heterocycles. The minimum atomic E-state index is -0.0116. The van der Waals surface area contributed by atoms with E-state index in [0.29, 0.717) is 13.2 Å². The maximum Gasteiger partial charge on any atom is 0.238 e. The van der Waals surface area contributed by atoms with E-state index >= 15 is 0 Å². The van der Waals surface area contributed by atoms with E-state index < -0.39 is 0 Å². The van der Waals surface area contributed by atoms with Gasteiger partial charge in [0, 0.05) is 24.3 Å². The van der Waals surface area contributed by atoms with Crippen LogP contribution in [0.3, 0.4) is 0 Å². The lowest BCUT2D eigenvalue weighted by atomic mass is 10.1. The molecule has 0 saturated carbocycles. The molecule has 0 bridgehead atoms. The maximum absolute atomic E-state index is 11.7. The van der Waals surface area contributed by atoms with E-state index in [1.807, 2.05) is 37.2 Å². The first-order valence-electron chi connectivity index (χ1n) is 6.06. The van der Waals surface area contributed by atoms with Crippen LogP contribution in [-0.4, -0.2) is 44.6 Å². The summed E-state index contributed by atoms with van der Waals surface area (Å²) in [5, 5.41) is 6.15. The number of carbonyl (C=O) groups is 1. The van der Waals surface area contributed by atoms with Crippen LogP contribution in [0.15, 0.2) is 18.2 Å². The molecule has 1 heterocycles. The normalized spacial score (nSPS) is 14.6. The lowest BCUT2D eigenvalue weighted by molar-refractivity contribution is -0.116. The molecule has 0 spiro atoms. The van der Waals surface area contributed by atoms with E-state index in [-0.39, 0.29) is 5.91 Å². The predicted molar refractivity (Wildman–Crippen MR) is 70.8 cm³/mol. The SMILES string of the molecule is CN(C)CC(=O)Nc1ccc2c(c1)CNCCO2. The molecular formula is C13H19N3O2. The first-order valence-corrected chi connectivity index (χ1v) is 6.06. The summed E-state index contributed by atoms with van der Waals surface area (Å²) in [6.45, 7) is 2.68. The summed E-state index contributed by atoms with van der Waals surface area (Å²) >= 11 is 0. The summed E-state index contributed by atoms with van der Waals surface area (Å²) in [6.07, 6.45) is 0. The van der Waals surface area contributed by atoms with E-state index in [1.165, 1.54) is 0 Å². The van der Waals surface area contributed by atoms with Crippen molar-refractivity contribution in [3.63, 3.8) is 0 Å². The Hall–Kier alpha value is -1.59. The van der Waals surface area contributed by atoms with Gasteiger partial charge in [-0.3, -0.25) is 4.79 Å². The summed E-state index contributed by atoms with van der Waals surface area (Å²) in [5.74, 6) is 0.882. The Morgan fingerprint density at radius 3 is 3.11 bits per heavy atom. The Bertz CT molecular complexity index is 432. The molecule has 0 radical (unpaired) electrons. The van der Waals surface area contributed by atoms with Crippen molar-refractivity contribution in [2.45, 2.75) is 6.54 Å². The van der Waals surface area contributed by atoms with Crippen molar-refractivity contribution in [2.24, 2.45) is 0 Å². The number of hydrogen-bond donors (Lipinski definition) is 2. The van der Waals surface area contributed by atoms with Crippen molar-refractivity contribution in [3.8, 4) is 5.75 Å². The van der Waals surface area contributed by atoms with Gasteiger partial charge >= 0.3 is 0 Å². The number of benzene rings is 1. The van der Waals surface area contributed by atoms with Crippen molar-refractivity contribution in [2.75, 3.05) is 39.1 Å². The second kappa shape index (κ2) is 5.84. The number of anilines is 1. The standard InChI is InChI=1S/C13H19N3O2/c1-16(2)9-13(17)15-11-3-4-12-10(7-11)8-14-5-6-18-12/h3-4,7,14H,5-6,8-9H2,1-2H3,(H,15,17). The Morgan fingerprint density at radius 2 is 2.33 bits per heavy atom. The molecule has 0 saturated heterocycles. The van der Waals surface area contributed by atoms with Gasteiger partial charge in [-0.05, 0) is 32.3 Å². The van der Waals surface area contributed by atoms with E-state index in [4.69, 9.17) is 4.74 Å². The highest BCUT2D eigenvalue weighted by molar-refractivity contribution is 5.92. The first-order chi connectivity index (χ1) is 8.65. The summed E-state index contributed by atoms with van der Waals surface area (Å²) < 4.78 is 5.59. The van der Waals surface area contributed by atoms with Gasteiger partial charge in [-0.15, -0.1) is 0 Å². The van der Waals surface area contributed by atoms with Gasteiger partial charge in [0.25, 0.3) is 0 Å². The zero-order valence-corrected chi connectivity index (χ0v) is 10.8. The highest BCUT2D eigenvalue weighted by Crippen LogP contribution is 2.24. The zero-order chi connectivity index (χ0) is 13.0. The fourth-order valence-electron chi connectivity index (χ4n) is 1.88. The Kier molecular flexibility index (Phi) is 4.17. The molecule has 0 aliphatic carbocycles. The van der Waals surface area contributed by atoms with Gasteiger partial charge in [0.2, 0.25) is 5.91 Å². The van der Waals surface area contributed by atoms with Gasteiger partial charge in [0.1, 0.15) is 12.4 Å². The van der Waals surface area contributed by atoms with Crippen LogP contribution in [0.4, 0.5) is 5.69 Å². The minimum Gasteiger partial charge on any atom is -0.492 e. The first kappa shape index (κ1) is 12.9. The molecule has 18 heavy (non-hydrogen) atoms. The molecule has 0 atom stereocenters. The van der Waals surface area contributed by atoms with Crippen molar-refractivity contribution >= 4 is 11.6 Å². The fraction of sp³-hybridized carbons (Fsp3) is 0.462. The summed E-state index contributed by atoms with van der Waals surface area (Å²) in [7, 11) is 3.74. The van der Waals surface area contributed by atoms with Gasteiger partial charge in [-0.25, -0.2) is 0 Å². The van der Waals surface area contributed by atoms with Gasteiger partial charge in [0.15, 0.2) is 0 Å². The molecule has 0 fully saturated rings. The van der Waals surface area contributed by atoms with Crippen LogP contribution in [0.25, 0.3) is 0 Å². The predicted octanol–water partition coefficient (Wildman–Crippen LogP) is 0.669. The average Bonchev–Trinajstić information content (AvgIpc) is 2.52. The monoisotopic (exact) mass is 249 g/mol. The zero-order valence-electron chi connectivity index (χ0n) is 10.8. The Morgan fingerprint density at radius 1 is 1.50 bits per heavy atom. The quantitative estimate of drug-likeness (QED) is 0.826. The van der Waals surface area contributed by atoms with Crippen molar-refractivity contribution < 1.29 is 9.53 Å². The molecule has 0 unspecified atom stereocenters. The molecular weight excluding hydrogens is 230 g/mol. The van der Waals surface area contributed by atoms with Crippen molar-refractivity contribution in [3.05, 3.63) is 23.8 Å². The topological polar surface area (TPSA) is 53.6 Å². The van der Waals surface area contributed by atoms with E-state index in [9.17, 15) is 4.79 Å². The molecule has 1 aromatic rings. The summed E-state index contributed by atoms with van der Waals surface area (Å²) in [6, 6.07) is 5.74. The second-order valence-corrected chi connectivity index (χ2v) is 4.63. The molecule has 2 rings (SSSR count). The number of likely N-dealkylation sites (N-methyl/N-ethyl adjacent to an activating group) is 1. The minimum absolute atomic E-state index is 0.0116. The summed E-state index contributed by atoms with van der Waals surface area (Å²) in [4.78, 5) is 13.5. The third-order valence-electron chi connectivity index (χ3n) is 2.66. The Balaban J connectivity index is 2.06. The highest BCUT2D eigenvalue weighted by atomic mass is 16.5. The molecule has 5 heteroatoms. The van der Waals surface area contributed by atoms with E-state index in [2.05, 4.69) is 10.6 Å². The molecule has 98 valence electrons. The second-order valence-electron chi connectivity index (χ2n) is 4.63. The number of carbonyl (C=O) groups excluding carboxylic acids is 1. The van der Waals surface area contributed by atoms with Crippen LogP contribution in [0.2, 0.25) is 0 Å². The van der Waals surface area contributed by atoms with Gasteiger partial charge in [-0.2, -0.15) is 0 Å². The number of ether oxygens (including phenoxy) is 1. The molecule has 1 aromatic carbocycles. The lowest BCUT2D eigenvalue weighted by Gasteiger charge is -2.12. The third-order valence-corrected chi connectivity index (χ3v) is 2.66. The molecule has 1 amide bonds.